The fourth-order valence-corrected chi connectivity index (χ4v) is 2.30. The number of hydrogen-bond acceptors (Lipinski definition) is 8. The Hall–Kier alpha value is -1.96. The van der Waals surface area contributed by atoms with E-state index in [1.807, 2.05) is 0 Å². The molecule has 1 atom stereocenters. The molecule has 0 saturated heterocycles. The predicted octanol–water partition coefficient (Wildman–Crippen LogP) is 0.868. The number of methoxy groups -OCH3 is 1. The van der Waals surface area contributed by atoms with Crippen LogP contribution in [0.1, 0.15) is 34.6 Å². The van der Waals surface area contributed by atoms with Crippen molar-refractivity contribution in [2.24, 2.45) is 10.9 Å². The molecular formula is C15H23NO7. The molecule has 0 aromatic carbocycles. The first-order valence-corrected chi connectivity index (χ1v) is 7.42. The van der Waals surface area contributed by atoms with Crippen LogP contribution in [-0.2, 0) is 33.3 Å². The third kappa shape index (κ3) is 2.95. The maximum Gasteiger partial charge on any atom is 0.361 e. The highest BCUT2D eigenvalue weighted by Gasteiger charge is 2.66. The van der Waals surface area contributed by atoms with Crippen molar-refractivity contribution in [2.45, 2.75) is 45.9 Å². The normalized spacial score (nSPS) is 22.5. The zero-order valence-corrected chi connectivity index (χ0v) is 14.3. The van der Waals surface area contributed by atoms with Gasteiger partial charge in [0, 0.05) is 5.92 Å². The second-order valence-corrected chi connectivity index (χ2v) is 5.26. The molecule has 0 spiro atoms. The van der Waals surface area contributed by atoms with Crippen molar-refractivity contribution in [1.82, 2.24) is 0 Å². The van der Waals surface area contributed by atoms with Gasteiger partial charge in [-0.05, 0) is 20.8 Å². The van der Waals surface area contributed by atoms with Crippen LogP contribution in [0.25, 0.3) is 0 Å². The zero-order valence-electron chi connectivity index (χ0n) is 14.3. The van der Waals surface area contributed by atoms with E-state index in [4.69, 9.17) is 18.9 Å². The molecule has 1 aliphatic heterocycles. The maximum atomic E-state index is 12.4. The average molecular weight is 329 g/mol. The van der Waals surface area contributed by atoms with E-state index in [0.717, 1.165) is 0 Å². The summed E-state index contributed by atoms with van der Waals surface area (Å²) in [6.07, 6.45) is 0. The number of carbonyl (C=O) groups excluding carboxylic acids is 3. The molecule has 0 bridgehead atoms. The Balaban J connectivity index is 3.45. The SMILES string of the molecule is CCOC(=O)C1(C(=O)OCC)OC(C(=O)OC)(C(C)C)N=C1C. The van der Waals surface area contributed by atoms with Crippen LogP contribution in [0, 0.1) is 5.92 Å². The summed E-state index contributed by atoms with van der Waals surface area (Å²) in [5.74, 6) is -3.23. The van der Waals surface area contributed by atoms with Gasteiger partial charge in [-0.1, -0.05) is 13.8 Å². The van der Waals surface area contributed by atoms with Gasteiger partial charge in [0.25, 0.3) is 5.72 Å². The summed E-state index contributed by atoms with van der Waals surface area (Å²) >= 11 is 0. The van der Waals surface area contributed by atoms with Gasteiger partial charge in [0.05, 0.1) is 26.0 Å². The van der Waals surface area contributed by atoms with Crippen LogP contribution in [0.15, 0.2) is 4.99 Å². The quantitative estimate of drug-likeness (QED) is 0.405. The van der Waals surface area contributed by atoms with Crippen LogP contribution in [0.5, 0.6) is 0 Å². The predicted molar refractivity (Wildman–Crippen MR) is 79.8 cm³/mol. The number of rotatable bonds is 6. The summed E-state index contributed by atoms with van der Waals surface area (Å²) < 4.78 is 20.3. The minimum absolute atomic E-state index is 0.00602. The Labute approximate surface area is 135 Å². The van der Waals surface area contributed by atoms with E-state index in [1.54, 1.807) is 27.7 Å². The first kappa shape index (κ1) is 19.1. The van der Waals surface area contributed by atoms with Crippen molar-refractivity contribution in [3.05, 3.63) is 0 Å². The van der Waals surface area contributed by atoms with Gasteiger partial charge in [-0.25, -0.2) is 19.4 Å². The molecule has 23 heavy (non-hydrogen) atoms. The molecule has 1 aliphatic rings. The lowest BCUT2D eigenvalue weighted by atomic mass is 9.98. The van der Waals surface area contributed by atoms with E-state index in [0.29, 0.717) is 0 Å². The maximum absolute atomic E-state index is 12.4. The minimum Gasteiger partial charge on any atom is -0.465 e. The third-order valence-corrected chi connectivity index (χ3v) is 3.54. The second-order valence-electron chi connectivity index (χ2n) is 5.26. The van der Waals surface area contributed by atoms with E-state index in [9.17, 15) is 14.4 Å². The van der Waals surface area contributed by atoms with Crippen LogP contribution in [0.2, 0.25) is 0 Å². The van der Waals surface area contributed by atoms with Crippen molar-refractivity contribution in [2.75, 3.05) is 20.3 Å². The van der Waals surface area contributed by atoms with Crippen LogP contribution in [0.4, 0.5) is 0 Å². The molecule has 0 aromatic heterocycles. The molecule has 0 fully saturated rings. The third-order valence-electron chi connectivity index (χ3n) is 3.54. The highest BCUT2D eigenvalue weighted by molar-refractivity contribution is 6.27. The van der Waals surface area contributed by atoms with E-state index in [2.05, 4.69) is 4.99 Å². The molecule has 1 unspecified atom stereocenters. The number of hydrogen-bond donors (Lipinski definition) is 0. The molecule has 8 heteroatoms. The smallest absolute Gasteiger partial charge is 0.361 e. The first-order chi connectivity index (χ1) is 10.7. The van der Waals surface area contributed by atoms with Crippen LogP contribution in [0.3, 0.4) is 0 Å². The summed E-state index contributed by atoms with van der Waals surface area (Å²) in [5, 5.41) is 0. The van der Waals surface area contributed by atoms with Gasteiger partial charge < -0.3 is 18.9 Å². The van der Waals surface area contributed by atoms with Gasteiger partial charge >= 0.3 is 23.5 Å². The van der Waals surface area contributed by atoms with Crippen molar-refractivity contribution >= 4 is 23.6 Å². The van der Waals surface area contributed by atoms with Crippen LogP contribution < -0.4 is 0 Å². The van der Waals surface area contributed by atoms with Crippen LogP contribution >= 0.6 is 0 Å². The molecule has 1 heterocycles. The number of ether oxygens (including phenoxy) is 4. The number of aliphatic imine (C=N–C) groups is 1. The Morgan fingerprint density at radius 2 is 1.57 bits per heavy atom. The van der Waals surface area contributed by atoms with Gasteiger partial charge in [0.15, 0.2) is 0 Å². The lowest BCUT2D eigenvalue weighted by molar-refractivity contribution is -0.205. The summed E-state index contributed by atoms with van der Waals surface area (Å²) in [5.41, 5.74) is -4.02. The lowest BCUT2D eigenvalue weighted by Gasteiger charge is -2.31. The van der Waals surface area contributed by atoms with E-state index in [1.165, 1.54) is 14.0 Å². The van der Waals surface area contributed by atoms with Crippen molar-refractivity contribution in [3.8, 4) is 0 Å². The van der Waals surface area contributed by atoms with E-state index >= 15 is 0 Å². The van der Waals surface area contributed by atoms with Gasteiger partial charge in [0.2, 0.25) is 0 Å². The summed E-state index contributed by atoms with van der Waals surface area (Å²) in [4.78, 5) is 41.3. The molecule has 1 rings (SSSR count). The molecule has 8 nitrogen and oxygen atoms in total. The molecule has 0 aromatic rings. The average Bonchev–Trinajstić information content (AvgIpc) is 2.83. The van der Waals surface area contributed by atoms with Crippen molar-refractivity contribution in [1.29, 1.82) is 0 Å². The number of esters is 3. The fraction of sp³-hybridized carbons (Fsp3) is 0.733. The van der Waals surface area contributed by atoms with Gasteiger partial charge in [0.1, 0.15) is 0 Å². The zero-order chi connectivity index (χ0) is 17.8. The highest BCUT2D eigenvalue weighted by Crippen LogP contribution is 2.39. The fourth-order valence-electron chi connectivity index (χ4n) is 2.30. The Morgan fingerprint density at radius 1 is 1.09 bits per heavy atom. The Morgan fingerprint density at radius 3 is 1.91 bits per heavy atom. The Bertz CT molecular complexity index is 508. The minimum atomic E-state index is -2.20. The monoisotopic (exact) mass is 329 g/mol. The molecule has 130 valence electrons. The molecular weight excluding hydrogens is 306 g/mol. The molecule has 0 aliphatic carbocycles. The van der Waals surface area contributed by atoms with Gasteiger partial charge in [-0.2, -0.15) is 0 Å². The standard InChI is InChI=1S/C15H23NO7/c1-7-21-11(17)14(12(18)22-8-2)10(5)16-15(23-14,9(3)4)13(19)20-6/h9H,7-8H2,1-6H3. The topological polar surface area (TPSA) is 100 Å². The molecule has 0 saturated carbocycles. The number of nitrogens with zero attached hydrogens (tertiary/aromatic N) is 1. The van der Waals surface area contributed by atoms with Crippen molar-refractivity contribution < 1.29 is 33.3 Å². The summed E-state index contributed by atoms with van der Waals surface area (Å²) in [6.45, 7) is 8.00. The molecule has 0 amide bonds. The van der Waals surface area contributed by atoms with E-state index < -0.39 is 35.2 Å². The lowest BCUT2D eigenvalue weighted by Crippen LogP contribution is -2.58. The summed E-state index contributed by atoms with van der Waals surface area (Å²) in [6, 6.07) is 0. The molecule has 0 N–H and O–H groups in total. The Kier molecular flexibility index (Phi) is 5.87. The van der Waals surface area contributed by atoms with E-state index in [-0.39, 0.29) is 18.9 Å². The largest absolute Gasteiger partial charge is 0.465 e. The summed E-state index contributed by atoms with van der Waals surface area (Å²) in [7, 11) is 1.18. The number of carbonyl (C=O) groups is 3. The second kappa shape index (κ2) is 7.08. The highest BCUT2D eigenvalue weighted by atomic mass is 16.7. The first-order valence-electron chi connectivity index (χ1n) is 7.42. The van der Waals surface area contributed by atoms with Gasteiger partial charge in [-0.3, -0.25) is 0 Å². The molecule has 0 radical (unpaired) electrons. The van der Waals surface area contributed by atoms with Crippen LogP contribution in [-0.4, -0.2) is 55.3 Å². The van der Waals surface area contributed by atoms with Gasteiger partial charge in [-0.15, -0.1) is 0 Å². The van der Waals surface area contributed by atoms with Crippen molar-refractivity contribution in [3.63, 3.8) is 0 Å².